The van der Waals surface area contributed by atoms with Gasteiger partial charge < -0.3 is 4.74 Å². The summed E-state index contributed by atoms with van der Waals surface area (Å²) in [6.45, 7) is 3.26. The van der Waals surface area contributed by atoms with Crippen LogP contribution < -0.4 is 4.74 Å². The fourth-order valence-corrected chi connectivity index (χ4v) is 3.37. The maximum atomic E-state index is 13.5. The molecule has 0 N–H and O–H groups in total. The zero-order valence-electron chi connectivity index (χ0n) is 13.6. The predicted octanol–water partition coefficient (Wildman–Crippen LogP) is 2.63. The van der Waals surface area contributed by atoms with Crippen molar-refractivity contribution in [2.45, 2.75) is 18.9 Å². The number of nitrogens with zero attached hydrogens (tertiary/aromatic N) is 3. The van der Waals surface area contributed by atoms with Gasteiger partial charge in [0.25, 0.3) is 0 Å². The van der Waals surface area contributed by atoms with Gasteiger partial charge >= 0.3 is 0 Å². The largest absolute Gasteiger partial charge is 0.472 e. The lowest BCUT2D eigenvalue weighted by atomic mass is 9.86. The molecule has 128 valence electrons. The minimum Gasteiger partial charge on any atom is -0.472 e. The molecule has 5 rings (SSSR count). The monoisotopic (exact) mass is 341 g/mol. The third-order valence-corrected chi connectivity index (χ3v) is 4.76. The molecule has 3 aliphatic heterocycles. The number of hydrogen-bond acceptors (Lipinski definition) is 4. The highest BCUT2D eigenvalue weighted by atomic mass is 19.1. The third kappa shape index (κ3) is 3.62. The Hall–Kier alpha value is -2.52. The normalized spacial score (nSPS) is 24.5. The van der Waals surface area contributed by atoms with E-state index in [9.17, 15) is 8.78 Å². The van der Waals surface area contributed by atoms with Crippen LogP contribution in [0.1, 0.15) is 24.1 Å². The topological polar surface area (TPSA) is 38.2 Å². The number of ether oxygens (including phenoxy) is 1. The average Bonchev–Trinajstić information content (AvgIpc) is 2.63. The van der Waals surface area contributed by atoms with Crippen molar-refractivity contribution in [2.24, 2.45) is 5.92 Å². The van der Waals surface area contributed by atoms with Crippen LogP contribution in [-0.4, -0.2) is 40.8 Å². The Kier molecular flexibility index (Phi) is 4.33. The van der Waals surface area contributed by atoms with Crippen molar-refractivity contribution in [3.8, 4) is 17.7 Å². The van der Waals surface area contributed by atoms with Crippen molar-refractivity contribution in [1.29, 1.82) is 0 Å². The SMILES string of the molecule is Fc1ccc(C#Cc2ccc(OC3CN4CCC3CC4)nn2)c(F)c1. The minimum atomic E-state index is -0.692. The smallest absolute Gasteiger partial charge is 0.233 e. The first-order valence-electron chi connectivity index (χ1n) is 8.37. The quantitative estimate of drug-likeness (QED) is 0.787. The van der Waals surface area contributed by atoms with Crippen LogP contribution >= 0.6 is 0 Å². The molecule has 4 nitrogen and oxygen atoms in total. The van der Waals surface area contributed by atoms with Crippen LogP contribution in [0.3, 0.4) is 0 Å². The summed E-state index contributed by atoms with van der Waals surface area (Å²) >= 11 is 0. The highest BCUT2D eigenvalue weighted by Gasteiger charge is 2.35. The van der Waals surface area contributed by atoms with Crippen molar-refractivity contribution >= 4 is 0 Å². The van der Waals surface area contributed by atoms with Crippen LogP contribution in [0.4, 0.5) is 8.78 Å². The first kappa shape index (κ1) is 16.0. The van der Waals surface area contributed by atoms with Crippen LogP contribution in [-0.2, 0) is 0 Å². The molecule has 4 heterocycles. The first-order valence-corrected chi connectivity index (χ1v) is 8.37. The number of aromatic nitrogens is 2. The van der Waals surface area contributed by atoms with E-state index in [-0.39, 0.29) is 11.7 Å². The Labute approximate surface area is 144 Å². The van der Waals surface area contributed by atoms with E-state index in [4.69, 9.17) is 4.74 Å². The van der Waals surface area contributed by atoms with E-state index < -0.39 is 11.6 Å². The summed E-state index contributed by atoms with van der Waals surface area (Å²) in [7, 11) is 0. The number of benzene rings is 1. The lowest BCUT2D eigenvalue weighted by Gasteiger charge is -2.44. The molecule has 25 heavy (non-hydrogen) atoms. The number of halogens is 2. The van der Waals surface area contributed by atoms with Crippen LogP contribution in [0.5, 0.6) is 5.88 Å². The molecule has 1 aromatic carbocycles. The highest BCUT2D eigenvalue weighted by molar-refractivity contribution is 5.40. The van der Waals surface area contributed by atoms with Crippen molar-refractivity contribution in [1.82, 2.24) is 15.1 Å². The van der Waals surface area contributed by atoms with E-state index in [0.29, 0.717) is 17.5 Å². The van der Waals surface area contributed by atoms with Crippen LogP contribution in [0.15, 0.2) is 30.3 Å². The second kappa shape index (κ2) is 6.77. The summed E-state index contributed by atoms with van der Waals surface area (Å²) in [6, 6.07) is 6.70. The molecule has 0 amide bonds. The molecule has 0 spiro atoms. The molecule has 0 radical (unpaired) electrons. The molecule has 0 saturated carbocycles. The lowest BCUT2D eigenvalue weighted by molar-refractivity contribution is -0.0104. The molecule has 2 aromatic rings. The van der Waals surface area contributed by atoms with Gasteiger partial charge in [-0.1, -0.05) is 5.92 Å². The van der Waals surface area contributed by atoms with Gasteiger partial charge in [0, 0.05) is 18.7 Å². The Morgan fingerprint density at radius 3 is 2.52 bits per heavy atom. The number of hydrogen-bond donors (Lipinski definition) is 0. The second-order valence-corrected chi connectivity index (χ2v) is 6.43. The van der Waals surface area contributed by atoms with Gasteiger partial charge in [-0.15, -0.1) is 10.2 Å². The van der Waals surface area contributed by atoms with Crippen molar-refractivity contribution in [3.63, 3.8) is 0 Å². The van der Waals surface area contributed by atoms with Gasteiger partial charge in [-0.25, -0.2) is 8.78 Å². The number of rotatable bonds is 2. The summed E-state index contributed by atoms with van der Waals surface area (Å²) < 4.78 is 32.4. The molecule has 6 heteroatoms. The molecule has 1 atom stereocenters. The standard InChI is InChI=1S/C19H17F2N3O/c20-15-3-1-13(17(21)11-15)2-4-16-5-6-19(23-22-16)25-18-12-24-9-7-14(18)8-10-24/h1,3,5-6,11,14,18H,7-10,12H2. The summed E-state index contributed by atoms with van der Waals surface area (Å²) in [4.78, 5) is 2.41. The van der Waals surface area contributed by atoms with Gasteiger partial charge in [-0.3, -0.25) is 4.90 Å². The molecule has 2 bridgehead atoms. The van der Waals surface area contributed by atoms with Crippen LogP contribution in [0, 0.1) is 29.4 Å². The fourth-order valence-electron chi connectivity index (χ4n) is 3.37. The molecular formula is C19H17F2N3O. The van der Waals surface area contributed by atoms with Gasteiger partial charge in [-0.05, 0) is 56.0 Å². The van der Waals surface area contributed by atoms with Gasteiger partial charge in [0.1, 0.15) is 23.4 Å². The Balaban J connectivity index is 1.43. The third-order valence-electron chi connectivity index (χ3n) is 4.76. The molecular weight excluding hydrogens is 324 g/mol. The van der Waals surface area contributed by atoms with Crippen LogP contribution in [0.25, 0.3) is 0 Å². The maximum Gasteiger partial charge on any atom is 0.233 e. The van der Waals surface area contributed by atoms with E-state index in [1.54, 1.807) is 12.1 Å². The lowest BCUT2D eigenvalue weighted by Crippen LogP contribution is -2.52. The minimum absolute atomic E-state index is 0.121. The summed E-state index contributed by atoms with van der Waals surface area (Å²) in [5.41, 5.74) is 0.529. The highest BCUT2D eigenvalue weighted by Crippen LogP contribution is 2.29. The molecule has 1 unspecified atom stereocenters. The van der Waals surface area contributed by atoms with Gasteiger partial charge in [0.15, 0.2) is 0 Å². The van der Waals surface area contributed by atoms with Crippen molar-refractivity contribution < 1.29 is 13.5 Å². The van der Waals surface area contributed by atoms with Crippen molar-refractivity contribution in [2.75, 3.05) is 19.6 Å². The second-order valence-electron chi connectivity index (χ2n) is 6.43. The maximum absolute atomic E-state index is 13.5. The van der Waals surface area contributed by atoms with Gasteiger partial charge in [-0.2, -0.15) is 0 Å². The zero-order chi connectivity index (χ0) is 17.2. The van der Waals surface area contributed by atoms with E-state index in [1.807, 2.05) is 0 Å². The first-order chi connectivity index (χ1) is 12.2. The Morgan fingerprint density at radius 1 is 1.04 bits per heavy atom. The molecule has 3 saturated heterocycles. The average molecular weight is 341 g/mol. The molecule has 0 aliphatic carbocycles. The van der Waals surface area contributed by atoms with Gasteiger partial charge in [0.2, 0.25) is 5.88 Å². The van der Waals surface area contributed by atoms with Crippen molar-refractivity contribution in [3.05, 3.63) is 53.2 Å². The van der Waals surface area contributed by atoms with E-state index in [0.717, 1.165) is 25.7 Å². The predicted molar refractivity (Wildman–Crippen MR) is 88.0 cm³/mol. The number of piperidine rings is 3. The van der Waals surface area contributed by atoms with Gasteiger partial charge in [0.05, 0.1) is 5.56 Å². The summed E-state index contributed by atoms with van der Waals surface area (Å²) in [5, 5.41) is 8.07. The Morgan fingerprint density at radius 2 is 1.88 bits per heavy atom. The van der Waals surface area contributed by atoms with E-state index >= 15 is 0 Å². The summed E-state index contributed by atoms with van der Waals surface area (Å²) in [5.74, 6) is 5.12. The molecule has 3 aliphatic rings. The zero-order valence-corrected chi connectivity index (χ0v) is 13.6. The molecule has 3 fully saturated rings. The fraction of sp³-hybridized carbons (Fsp3) is 0.368. The van der Waals surface area contributed by atoms with E-state index in [2.05, 4.69) is 26.9 Å². The number of fused-ring (bicyclic) bond motifs is 3. The Bertz CT molecular complexity index is 821. The van der Waals surface area contributed by atoms with Crippen LogP contribution in [0.2, 0.25) is 0 Å². The summed E-state index contributed by atoms with van der Waals surface area (Å²) in [6.07, 6.45) is 2.51. The van der Waals surface area contributed by atoms with E-state index in [1.165, 1.54) is 25.0 Å². The molecule has 1 aromatic heterocycles.